The van der Waals surface area contributed by atoms with E-state index < -0.39 is 17.4 Å². The topological polar surface area (TPSA) is 17.1 Å². The van der Waals surface area contributed by atoms with Crippen molar-refractivity contribution >= 4 is 21.7 Å². The molecule has 0 spiro atoms. The zero-order chi connectivity index (χ0) is 15.0. The zero-order valence-electron chi connectivity index (χ0n) is 11.4. The minimum absolute atomic E-state index is 0.183. The molecule has 0 unspecified atom stereocenters. The molecular formula is C16H13BrF2O. The van der Waals surface area contributed by atoms with Crippen LogP contribution >= 0.6 is 15.9 Å². The minimum atomic E-state index is -1.09. The van der Waals surface area contributed by atoms with Crippen molar-refractivity contribution in [3.05, 3.63) is 68.2 Å². The van der Waals surface area contributed by atoms with Gasteiger partial charge in [-0.1, -0.05) is 22.0 Å². The van der Waals surface area contributed by atoms with Gasteiger partial charge >= 0.3 is 0 Å². The van der Waals surface area contributed by atoms with Crippen LogP contribution in [0.1, 0.15) is 32.6 Å². The molecule has 2 aromatic rings. The van der Waals surface area contributed by atoms with Crippen molar-refractivity contribution in [2.45, 2.75) is 20.8 Å². The molecule has 4 heteroatoms. The molecule has 0 aliphatic rings. The van der Waals surface area contributed by atoms with E-state index in [2.05, 4.69) is 15.9 Å². The zero-order valence-corrected chi connectivity index (χ0v) is 12.9. The predicted molar refractivity (Wildman–Crippen MR) is 78.1 cm³/mol. The smallest absolute Gasteiger partial charge is 0.196 e. The summed E-state index contributed by atoms with van der Waals surface area (Å²) in [6.07, 6.45) is 0. The van der Waals surface area contributed by atoms with E-state index in [1.54, 1.807) is 12.1 Å². The lowest BCUT2D eigenvalue weighted by molar-refractivity contribution is 0.103. The number of hydrogen-bond acceptors (Lipinski definition) is 1. The number of carbonyl (C=O) groups excluding carboxylic acids is 1. The Morgan fingerprint density at radius 3 is 2.05 bits per heavy atom. The number of halogens is 3. The number of hydrogen-bond donors (Lipinski definition) is 0. The van der Waals surface area contributed by atoms with E-state index in [0.29, 0.717) is 5.56 Å². The summed E-state index contributed by atoms with van der Waals surface area (Å²) in [5, 5.41) is 0. The maximum absolute atomic E-state index is 13.9. The fourth-order valence-corrected chi connectivity index (χ4v) is 2.28. The summed E-state index contributed by atoms with van der Waals surface area (Å²) in [7, 11) is 0. The summed E-state index contributed by atoms with van der Waals surface area (Å²) < 4.78 is 28.3. The highest BCUT2D eigenvalue weighted by Crippen LogP contribution is 2.25. The maximum Gasteiger partial charge on any atom is 0.196 e. The number of carbonyl (C=O) groups is 1. The third-order valence-electron chi connectivity index (χ3n) is 3.22. The van der Waals surface area contributed by atoms with Crippen LogP contribution in [-0.4, -0.2) is 5.78 Å². The molecule has 20 heavy (non-hydrogen) atoms. The Morgan fingerprint density at radius 1 is 0.950 bits per heavy atom. The number of ketones is 1. The van der Waals surface area contributed by atoms with E-state index >= 15 is 0 Å². The van der Waals surface area contributed by atoms with Crippen LogP contribution < -0.4 is 0 Å². The lowest BCUT2D eigenvalue weighted by Gasteiger charge is -2.09. The highest BCUT2D eigenvalue weighted by atomic mass is 79.9. The molecule has 0 aliphatic heterocycles. The average Bonchev–Trinajstić information content (AvgIpc) is 2.41. The first kappa shape index (κ1) is 14.9. The van der Waals surface area contributed by atoms with Crippen LogP contribution in [0.5, 0.6) is 0 Å². The molecule has 0 aromatic heterocycles. The molecule has 0 aliphatic carbocycles. The summed E-state index contributed by atoms with van der Waals surface area (Å²) in [4.78, 5) is 12.3. The van der Waals surface area contributed by atoms with Gasteiger partial charge in [0.25, 0.3) is 0 Å². The Balaban J connectivity index is 2.55. The lowest BCUT2D eigenvalue weighted by atomic mass is 9.98. The summed E-state index contributed by atoms with van der Waals surface area (Å²) in [5.41, 5.74) is 2.05. The van der Waals surface area contributed by atoms with Crippen LogP contribution in [0.3, 0.4) is 0 Å². The predicted octanol–water partition coefficient (Wildman–Crippen LogP) is 4.88. The van der Waals surface area contributed by atoms with Crippen LogP contribution in [0.25, 0.3) is 0 Å². The Morgan fingerprint density at radius 2 is 1.50 bits per heavy atom. The van der Waals surface area contributed by atoms with Gasteiger partial charge in [-0.05, 0) is 55.7 Å². The minimum Gasteiger partial charge on any atom is -0.288 e. The van der Waals surface area contributed by atoms with Crippen LogP contribution in [0.2, 0.25) is 0 Å². The van der Waals surface area contributed by atoms with Gasteiger partial charge < -0.3 is 0 Å². The number of benzene rings is 2. The normalized spacial score (nSPS) is 10.7. The second kappa shape index (κ2) is 5.44. The van der Waals surface area contributed by atoms with Crippen molar-refractivity contribution in [3.63, 3.8) is 0 Å². The number of rotatable bonds is 2. The van der Waals surface area contributed by atoms with Gasteiger partial charge in [0, 0.05) is 10.0 Å². The molecule has 0 amide bonds. The van der Waals surface area contributed by atoms with Gasteiger partial charge in [-0.3, -0.25) is 4.79 Å². The molecule has 0 N–H and O–H groups in total. The van der Waals surface area contributed by atoms with Gasteiger partial charge in [0.1, 0.15) is 0 Å². The standard InChI is InChI=1S/C16H13BrF2O/c1-8-4-5-12(15(19)14(8)18)16(20)11-6-9(2)13(17)10(3)7-11/h4-7H,1-3H3. The van der Waals surface area contributed by atoms with Crippen LogP contribution in [0, 0.1) is 32.4 Å². The molecule has 0 bridgehead atoms. The molecule has 0 saturated carbocycles. The Bertz CT molecular complexity index is 685. The molecule has 1 nitrogen and oxygen atoms in total. The van der Waals surface area contributed by atoms with Gasteiger partial charge in [-0.25, -0.2) is 8.78 Å². The van der Waals surface area contributed by atoms with Crippen LogP contribution in [-0.2, 0) is 0 Å². The van der Waals surface area contributed by atoms with E-state index in [1.165, 1.54) is 19.1 Å². The van der Waals surface area contributed by atoms with Gasteiger partial charge in [-0.2, -0.15) is 0 Å². The quantitative estimate of drug-likeness (QED) is 0.713. The van der Waals surface area contributed by atoms with Gasteiger partial charge in [0.05, 0.1) is 5.56 Å². The molecular weight excluding hydrogens is 326 g/mol. The summed E-state index contributed by atoms with van der Waals surface area (Å²) in [6, 6.07) is 6.06. The molecule has 2 aromatic carbocycles. The first-order valence-electron chi connectivity index (χ1n) is 6.09. The second-order valence-corrected chi connectivity index (χ2v) is 5.60. The first-order valence-corrected chi connectivity index (χ1v) is 6.88. The van der Waals surface area contributed by atoms with E-state index in [4.69, 9.17) is 0 Å². The molecule has 0 radical (unpaired) electrons. The second-order valence-electron chi connectivity index (χ2n) is 4.81. The third-order valence-corrected chi connectivity index (χ3v) is 4.47. The molecule has 0 fully saturated rings. The Kier molecular flexibility index (Phi) is 4.04. The fourth-order valence-electron chi connectivity index (χ4n) is 2.05. The third kappa shape index (κ3) is 2.52. The highest BCUT2D eigenvalue weighted by molar-refractivity contribution is 9.10. The van der Waals surface area contributed by atoms with E-state index in [1.807, 2.05) is 13.8 Å². The van der Waals surface area contributed by atoms with E-state index in [0.717, 1.165) is 15.6 Å². The van der Waals surface area contributed by atoms with Crippen molar-refractivity contribution in [1.82, 2.24) is 0 Å². The Labute approximate surface area is 124 Å². The van der Waals surface area contributed by atoms with Crippen molar-refractivity contribution in [2.75, 3.05) is 0 Å². The van der Waals surface area contributed by atoms with Crippen molar-refractivity contribution in [3.8, 4) is 0 Å². The largest absolute Gasteiger partial charge is 0.288 e. The number of aryl methyl sites for hydroxylation is 3. The fraction of sp³-hybridized carbons (Fsp3) is 0.188. The van der Waals surface area contributed by atoms with E-state index in [9.17, 15) is 13.6 Å². The van der Waals surface area contributed by atoms with Crippen molar-refractivity contribution in [2.24, 2.45) is 0 Å². The van der Waals surface area contributed by atoms with Crippen LogP contribution in [0.4, 0.5) is 8.78 Å². The van der Waals surface area contributed by atoms with E-state index in [-0.39, 0.29) is 11.1 Å². The van der Waals surface area contributed by atoms with Crippen molar-refractivity contribution in [1.29, 1.82) is 0 Å². The highest BCUT2D eigenvalue weighted by Gasteiger charge is 2.19. The summed E-state index contributed by atoms with van der Waals surface area (Å²) in [6.45, 7) is 5.15. The molecule has 0 saturated heterocycles. The first-order chi connectivity index (χ1) is 9.32. The summed E-state index contributed by atoms with van der Waals surface area (Å²) >= 11 is 3.41. The van der Waals surface area contributed by atoms with Gasteiger partial charge in [-0.15, -0.1) is 0 Å². The average molecular weight is 339 g/mol. The maximum atomic E-state index is 13.9. The Hall–Kier alpha value is -1.55. The monoisotopic (exact) mass is 338 g/mol. The molecule has 104 valence electrons. The molecule has 0 atom stereocenters. The van der Waals surface area contributed by atoms with Crippen LogP contribution in [0.15, 0.2) is 28.7 Å². The van der Waals surface area contributed by atoms with Gasteiger partial charge in [0.15, 0.2) is 17.4 Å². The molecule has 0 heterocycles. The SMILES string of the molecule is Cc1ccc(C(=O)c2cc(C)c(Br)c(C)c2)c(F)c1F. The summed E-state index contributed by atoms with van der Waals surface area (Å²) in [5.74, 6) is -2.57. The van der Waals surface area contributed by atoms with Crippen molar-refractivity contribution < 1.29 is 13.6 Å². The van der Waals surface area contributed by atoms with Gasteiger partial charge in [0.2, 0.25) is 0 Å². The molecule has 2 rings (SSSR count). The lowest BCUT2D eigenvalue weighted by Crippen LogP contribution is -2.07.